The summed E-state index contributed by atoms with van der Waals surface area (Å²) in [5.41, 5.74) is -1.06. The van der Waals surface area contributed by atoms with E-state index < -0.39 is 23.0 Å². The number of amides is 3. The summed E-state index contributed by atoms with van der Waals surface area (Å²) >= 11 is 0. The van der Waals surface area contributed by atoms with Crippen LogP contribution in [0.5, 0.6) is 0 Å². The Hall–Kier alpha value is -3.89. The maximum atomic E-state index is 13.4. The van der Waals surface area contributed by atoms with Gasteiger partial charge in [-0.15, -0.1) is 0 Å². The summed E-state index contributed by atoms with van der Waals surface area (Å²) < 4.78 is 12.9. The van der Waals surface area contributed by atoms with Crippen molar-refractivity contribution in [3.05, 3.63) is 58.6 Å². The third-order valence-corrected chi connectivity index (χ3v) is 8.26. The zero-order valence-electron chi connectivity index (χ0n) is 27.5. The lowest BCUT2D eigenvalue weighted by atomic mass is 9.84. The van der Waals surface area contributed by atoms with Gasteiger partial charge in [0.25, 0.3) is 5.91 Å². The molecule has 2 fully saturated rings. The number of aromatic nitrogens is 2. The van der Waals surface area contributed by atoms with Gasteiger partial charge in [0.05, 0.1) is 0 Å². The number of benzene rings is 1. The lowest BCUT2D eigenvalue weighted by molar-refractivity contribution is 0.00420. The van der Waals surface area contributed by atoms with E-state index in [1.807, 2.05) is 52.5 Å². The van der Waals surface area contributed by atoms with E-state index in [1.54, 1.807) is 41.1 Å². The van der Waals surface area contributed by atoms with Gasteiger partial charge in [-0.25, -0.2) is 14.4 Å². The van der Waals surface area contributed by atoms with Gasteiger partial charge in [-0.05, 0) is 117 Å². The Labute approximate surface area is 266 Å². The van der Waals surface area contributed by atoms with Crippen LogP contribution in [0.15, 0.2) is 47.4 Å². The molecule has 0 radical (unpaired) electrons. The molecule has 0 aliphatic heterocycles. The first kappa shape index (κ1) is 34.0. The summed E-state index contributed by atoms with van der Waals surface area (Å²) in [6, 6.07) is 10.5. The van der Waals surface area contributed by atoms with E-state index in [9.17, 15) is 19.2 Å². The van der Waals surface area contributed by atoms with Crippen molar-refractivity contribution in [3.8, 4) is 0 Å². The molecule has 3 amide bonds. The monoisotopic (exact) mass is 623 g/mol. The van der Waals surface area contributed by atoms with E-state index >= 15 is 0 Å². The number of hydrogen-bond donors (Lipinski definition) is 2. The number of carbonyl (C=O) groups excluding carboxylic acids is 3. The molecule has 1 heterocycles. The quantitative estimate of drug-likeness (QED) is 0.370. The predicted octanol–water partition coefficient (Wildman–Crippen LogP) is 6.30. The van der Waals surface area contributed by atoms with Crippen LogP contribution in [0.3, 0.4) is 0 Å². The van der Waals surface area contributed by atoms with Crippen molar-refractivity contribution < 1.29 is 23.9 Å². The standard InChI is InChI=1S/C34H49N5O6/c1-33(2,3)44-31(42)35-25-14-18-27(19-15-25)39(32(43)45-34(4,5)6)22-23-12-16-26(17-13-23)38-21-20-28(37-30(38)41)36-29(40)24-10-8-7-9-11-24/h7-11,20-21,23,25-27H,12-19,22H2,1-6H3,(H,35,42)(H,36,37,40,41). The molecule has 0 spiro atoms. The van der Waals surface area contributed by atoms with Crippen LogP contribution >= 0.6 is 0 Å². The molecule has 11 nitrogen and oxygen atoms in total. The first-order valence-electron chi connectivity index (χ1n) is 16.1. The summed E-state index contributed by atoms with van der Waals surface area (Å²) in [5, 5.41) is 5.68. The molecule has 0 unspecified atom stereocenters. The molecule has 11 heteroatoms. The van der Waals surface area contributed by atoms with Crippen molar-refractivity contribution >= 4 is 23.9 Å². The van der Waals surface area contributed by atoms with Crippen LogP contribution in [-0.2, 0) is 9.47 Å². The Morgan fingerprint density at radius 2 is 1.49 bits per heavy atom. The number of nitrogens with one attached hydrogen (secondary N) is 2. The highest BCUT2D eigenvalue weighted by Gasteiger charge is 2.35. The highest BCUT2D eigenvalue weighted by molar-refractivity contribution is 6.03. The van der Waals surface area contributed by atoms with Crippen molar-refractivity contribution in [1.82, 2.24) is 19.8 Å². The minimum atomic E-state index is -0.608. The van der Waals surface area contributed by atoms with Gasteiger partial charge >= 0.3 is 17.9 Å². The van der Waals surface area contributed by atoms with Gasteiger partial charge in [-0.3, -0.25) is 9.36 Å². The third-order valence-electron chi connectivity index (χ3n) is 8.26. The molecule has 246 valence electrons. The molecule has 4 rings (SSSR count). The maximum absolute atomic E-state index is 13.4. The van der Waals surface area contributed by atoms with Gasteiger partial charge in [0.2, 0.25) is 0 Å². The van der Waals surface area contributed by atoms with Gasteiger partial charge in [0.1, 0.15) is 17.0 Å². The Morgan fingerprint density at radius 3 is 2.07 bits per heavy atom. The topological polar surface area (TPSA) is 132 Å². The van der Waals surface area contributed by atoms with Gasteiger partial charge in [-0.1, -0.05) is 18.2 Å². The van der Waals surface area contributed by atoms with Gasteiger partial charge < -0.3 is 25.0 Å². The number of carbonyl (C=O) groups is 3. The number of anilines is 1. The van der Waals surface area contributed by atoms with E-state index in [-0.39, 0.29) is 41.9 Å². The number of hydrogen-bond acceptors (Lipinski definition) is 7. The second-order valence-corrected chi connectivity index (χ2v) is 14.3. The number of ether oxygens (including phenoxy) is 2. The van der Waals surface area contributed by atoms with Gasteiger partial charge in [-0.2, -0.15) is 4.98 Å². The molecule has 2 N–H and O–H groups in total. The van der Waals surface area contributed by atoms with Crippen LogP contribution in [0.2, 0.25) is 0 Å². The Balaban J connectivity index is 1.33. The van der Waals surface area contributed by atoms with E-state index in [2.05, 4.69) is 15.6 Å². The molecule has 0 saturated heterocycles. The van der Waals surface area contributed by atoms with E-state index in [0.29, 0.717) is 12.1 Å². The molecule has 45 heavy (non-hydrogen) atoms. The maximum Gasteiger partial charge on any atom is 0.410 e. The van der Waals surface area contributed by atoms with Crippen molar-refractivity contribution in [2.24, 2.45) is 5.92 Å². The molecular formula is C34H49N5O6. The van der Waals surface area contributed by atoms with Crippen molar-refractivity contribution in [2.45, 2.75) is 122 Å². The molecule has 2 aliphatic rings. The second-order valence-electron chi connectivity index (χ2n) is 14.3. The number of alkyl carbamates (subject to hydrolysis) is 1. The average molecular weight is 624 g/mol. The summed E-state index contributed by atoms with van der Waals surface area (Å²) in [7, 11) is 0. The highest BCUT2D eigenvalue weighted by atomic mass is 16.6. The van der Waals surface area contributed by atoms with Crippen LogP contribution in [-0.4, -0.2) is 62.4 Å². The lowest BCUT2D eigenvalue weighted by Gasteiger charge is -2.40. The van der Waals surface area contributed by atoms with Gasteiger partial charge in [0, 0.05) is 36.4 Å². The lowest BCUT2D eigenvalue weighted by Crippen LogP contribution is -2.50. The summed E-state index contributed by atoms with van der Waals surface area (Å²) in [4.78, 5) is 57.1. The smallest absolute Gasteiger partial charge is 0.410 e. The zero-order valence-corrected chi connectivity index (χ0v) is 27.5. The molecular weight excluding hydrogens is 574 g/mol. The van der Waals surface area contributed by atoms with E-state index in [1.165, 1.54) is 0 Å². The fourth-order valence-electron chi connectivity index (χ4n) is 6.12. The largest absolute Gasteiger partial charge is 0.444 e. The Bertz CT molecular complexity index is 1360. The SMILES string of the molecule is CC(C)(C)OC(=O)NC1CCC(N(CC2CCC(n3ccc(NC(=O)c4ccccc4)nc3=O)CC2)C(=O)OC(C)(C)C)CC1. The summed E-state index contributed by atoms with van der Waals surface area (Å²) in [6.07, 6.45) is 7.34. The summed E-state index contributed by atoms with van der Waals surface area (Å²) in [5.74, 6) is 0.186. The predicted molar refractivity (Wildman–Crippen MR) is 172 cm³/mol. The van der Waals surface area contributed by atoms with Crippen molar-refractivity contribution in [3.63, 3.8) is 0 Å². The number of nitrogens with zero attached hydrogens (tertiary/aromatic N) is 3. The van der Waals surface area contributed by atoms with Crippen LogP contribution in [0, 0.1) is 5.92 Å². The second kappa shape index (κ2) is 14.5. The van der Waals surface area contributed by atoms with E-state index in [4.69, 9.17) is 9.47 Å². The first-order chi connectivity index (χ1) is 21.2. The molecule has 1 aromatic carbocycles. The van der Waals surface area contributed by atoms with Crippen molar-refractivity contribution in [1.29, 1.82) is 0 Å². The molecule has 2 aromatic rings. The Kier molecular flexibility index (Phi) is 10.9. The average Bonchev–Trinajstić information content (AvgIpc) is 2.95. The van der Waals surface area contributed by atoms with Crippen molar-refractivity contribution in [2.75, 3.05) is 11.9 Å². The third kappa shape index (κ3) is 10.3. The van der Waals surface area contributed by atoms with Crippen LogP contribution in [0.4, 0.5) is 15.4 Å². The zero-order chi connectivity index (χ0) is 32.8. The van der Waals surface area contributed by atoms with Crippen LogP contribution < -0.4 is 16.3 Å². The minimum absolute atomic E-state index is 0.00414. The minimum Gasteiger partial charge on any atom is -0.444 e. The first-order valence-corrected chi connectivity index (χ1v) is 16.1. The molecule has 2 aliphatic carbocycles. The summed E-state index contributed by atoms with van der Waals surface area (Å²) in [6.45, 7) is 11.7. The van der Waals surface area contributed by atoms with Crippen LogP contribution in [0.25, 0.3) is 0 Å². The molecule has 2 saturated carbocycles. The molecule has 1 aromatic heterocycles. The normalized spacial score (nSPS) is 22.2. The molecule has 0 bridgehead atoms. The van der Waals surface area contributed by atoms with Crippen LogP contribution in [0.1, 0.15) is 109 Å². The van der Waals surface area contributed by atoms with E-state index in [0.717, 1.165) is 51.4 Å². The number of rotatable bonds is 7. The molecule has 0 atom stereocenters. The highest BCUT2D eigenvalue weighted by Crippen LogP contribution is 2.34. The fourth-order valence-corrected chi connectivity index (χ4v) is 6.12. The Morgan fingerprint density at radius 1 is 0.867 bits per heavy atom. The van der Waals surface area contributed by atoms with Gasteiger partial charge in [0.15, 0.2) is 0 Å². The fraction of sp³-hybridized carbons (Fsp3) is 0.618.